The molecular weight excluding hydrogens is 269 g/mol. The Labute approximate surface area is 123 Å². The minimum absolute atomic E-state index is 0.167. The number of hydrogen-bond donors (Lipinski definition) is 2. The molecule has 0 fully saturated rings. The van der Waals surface area contributed by atoms with Crippen molar-refractivity contribution in [2.75, 3.05) is 0 Å². The van der Waals surface area contributed by atoms with Gasteiger partial charge in [0.2, 0.25) is 0 Å². The first kappa shape index (κ1) is 16.4. The number of rotatable bonds is 2. The molecule has 5 heteroatoms. The van der Waals surface area contributed by atoms with E-state index in [1.807, 2.05) is 0 Å². The zero-order valence-electron chi connectivity index (χ0n) is 12.0. The van der Waals surface area contributed by atoms with Gasteiger partial charge in [0.15, 0.2) is 0 Å². The molecule has 21 heavy (non-hydrogen) atoms. The summed E-state index contributed by atoms with van der Waals surface area (Å²) in [5, 5.41) is 0. The first-order valence-corrected chi connectivity index (χ1v) is 6.30. The van der Waals surface area contributed by atoms with E-state index in [1.54, 1.807) is 36.7 Å². The van der Waals surface area contributed by atoms with Gasteiger partial charge in [0, 0.05) is 18.0 Å². The van der Waals surface area contributed by atoms with Crippen LogP contribution in [-0.2, 0) is 4.79 Å². The number of nitrogens with zero attached hydrogens (tertiary/aromatic N) is 1. The number of carbonyl (C=O) groups is 1. The fourth-order valence-electron chi connectivity index (χ4n) is 1.47. The maximum atomic E-state index is 12.8. The second-order valence-electron chi connectivity index (χ2n) is 4.48. The molecule has 0 aliphatic carbocycles. The van der Waals surface area contributed by atoms with Gasteiger partial charge in [-0.25, -0.2) is 4.39 Å². The van der Waals surface area contributed by atoms with E-state index in [4.69, 9.17) is 11.5 Å². The monoisotopic (exact) mass is 287 g/mol. The van der Waals surface area contributed by atoms with Crippen LogP contribution in [0.1, 0.15) is 25.0 Å². The van der Waals surface area contributed by atoms with Crippen LogP contribution in [0.5, 0.6) is 0 Å². The summed E-state index contributed by atoms with van der Waals surface area (Å²) in [5.74, 6) is -0.135. The Balaban J connectivity index is 0.000000491. The summed E-state index contributed by atoms with van der Waals surface area (Å²) in [4.78, 5) is 13.3. The van der Waals surface area contributed by atoms with Crippen LogP contribution in [0.3, 0.4) is 0 Å². The van der Waals surface area contributed by atoms with E-state index in [1.165, 1.54) is 26.0 Å². The predicted molar refractivity (Wildman–Crippen MR) is 82.2 cm³/mol. The van der Waals surface area contributed by atoms with Gasteiger partial charge in [-0.15, -0.1) is 0 Å². The van der Waals surface area contributed by atoms with Crippen LogP contribution in [-0.4, -0.2) is 10.8 Å². The van der Waals surface area contributed by atoms with Crippen LogP contribution < -0.4 is 11.5 Å². The van der Waals surface area contributed by atoms with E-state index < -0.39 is 0 Å². The maximum absolute atomic E-state index is 12.8. The SMILES string of the molecule is CC(C)=O.N/C(=C(\N)c1ccc(F)cc1)c1ccncc1. The molecule has 0 spiro atoms. The maximum Gasteiger partial charge on any atom is 0.126 e. The lowest BCUT2D eigenvalue weighted by molar-refractivity contribution is -0.114. The van der Waals surface area contributed by atoms with Crippen molar-refractivity contribution in [3.8, 4) is 0 Å². The van der Waals surface area contributed by atoms with E-state index in [0.29, 0.717) is 17.0 Å². The van der Waals surface area contributed by atoms with Gasteiger partial charge in [-0.1, -0.05) is 0 Å². The van der Waals surface area contributed by atoms with Crippen molar-refractivity contribution in [2.45, 2.75) is 13.8 Å². The Bertz CT molecular complexity index is 618. The standard InChI is InChI=1S/C13H12FN3.C3H6O/c14-11-3-1-9(2-4-11)12(15)13(16)10-5-7-17-8-6-10;1-3(2)4/h1-8H,15-16H2;1-2H3/b13-12-;. The number of aromatic nitrogens is 1. The normalized spacial score (nSPS) is 11.0. The number of carbonyl (C=O) groups excluding carboxylic acids is 1. The third kappa shape index (κ3) is 5.44. The van der Waals surface area contributed by atoms with Crippen molar-refractivity contribution in [1.82, 2.24) is 4.98 Å². The first-order valence-electron chi connectivity index (χ1n) is 6.30. The van der Waals surface area contributed by atoms with E-state index in [0.717, 1.165) is 5.56 Å². The predicted octanol–water partition coefficient (Wildman–Crippen LogP) is 2.56. The second kappa shape index (κ2) is 7.79. The van der Waals surface area contributed by atoms with Gasteiger partial charge in [0.1, 0.15) is 11.6 Å². The molecule has 110 valence electrons. The van der Waals surface area contributed by atoms with Crippen molar-refractivity contribution in [2.24, 2.45) is 11.5 Å². The van der Waals surface area contributed by atoms with Gasteiger partial charge in [-0.2, -0.15) is 0 Å². The average Bonchev–Trinajstić information content (AvgIpc) is 2.47. The fourth-order valence-corrected chi connectivity index (χ4v) is 1.47. The van der Waals surface area contributed by atoms with Gasteiger partial charge in [-0.05, 0) is 55.8 Å². The molecule has 0 amide bonds. The molecule has 0 radical (unpaired) electrons. The highest BCUT2D eigenvalue weighted by Gasteiger charge is 2.04. The van der Waals surface area contributed by atoms with Crippen LogP contribution in [0.2, 0.25) is 0 Å². The smallest absolute Gasteiger partial charge is 0.126 e. The molecule has 0 aliphatic heterocycles. The third-order valence-corrected chi connectivity index (χ3v) is 2.44. The number of pyridine rings is 1. The highest BCUT2D eigenvalue weighted by molar-refractivity contribution is 5.87. The van der Waals surface area contributed by atoms with Gasteiger partial charge < -0.3 is 16.3 Å². The number of nitrogens with two attached hydrogens (primary N) is 2. The molecule has 1 aromatic carbocycles. The highest BCUT2D eigenvalue weighted by atomic mass is 19.1. The Morgan fingerprint density at radius 2 is 1.29 bits per heavy atom. The van der Waals surface area contributed by atoms with Crippen LogP contribution in [0.25, 0.3) is 11.4 Å². The molecule has 0 aliphatic rings. The summed E-state index contributed by atoms with van der Waals surface area (Å²) < 4.78 is 12.8. The Morgan fingerprint density at radius 3 is 1.71 bits per heavy atom. The van der Waals surface area contributed by atoms with Crippen molar-refractivity contribution in [3.63, 3.8) is 0 Å². The molecule has 0 atom stereocenters. The van der Waals surface area contributed by atoms with Gasteiger partial charge in [0.25, 0.3) is 0 Å². The first-order chi connectivity index (χ1) is 9.91. The van der Waals surface area contributed by atoms with Gasteiger partial charge in [0.05, 0.1) is 11.4 Å². The lowest BCUT2D eigenvalue weighted by atomic mass is 10.1. The van der Waals surface area contributed by atoms with Crippen LogP contribution in [0.15, 0.2) is 48.8 Å². The number of hydrogen-bond acceptors (Lipinski definition) is 4. The highest BCUT2D eigenvalue weighted by Crippen LogP contribution is 2.18. The summed E-state index contributed by atoms with van der Waals surface area (Å²) in [7, 11) is 0. The Kier molecular flexibility index (Phi) is 6.07. The van der Waals surface area contributed by atoms with Crippen LogP contribution >= 0.6 is 0 Å². The number of halogens is 1. The topological polar surface area (TPSA) is 82.0 Å². The Hall–Kier alpha value is -2.69. The third-order valence-electron chi connectivity index (χ3n) is 2.44. The minimum atomic E-state index is -0.302. The van der Waals surface area contributed by atoms with Crippen molar-refractivity contribution < 1.29 is 9.18 Å². The zero-order valence-corrected chi connectivity index (χ0v) is 12.0. The molecule has 1 aromatic heterocycles. The zero-order chi connectivity index (χ0) is 15.8. The molecule has 0 saturated carbocycles. The summed E-state index contributed by atoms with van der Waals surface area (Å²) >= 11 is 0. The largest absolute Gasteiger partial charge is 0.397 e. The molecule has 1 heterocycles. The van der Waals surface area contributed by atoms with Crippen molar-refractivity contribution in [1.29, 1.82) is 0 Å². The summed E-state index contributed by atoms with van der Waals surface area (Å²) in [6.45, 7) is 3.06. The summed E-state index contributed by atoms with van der Waals surface area (Å²) in [5.41, 5.74) is 14.2. The average molecular weight is 287 g/mol. The molecule has 0 unspecified atom stereocenters. The number of ketones is 1. The summed E-state index contributed by atoms with van der Waals surface area (Å²) in [6.07, 6.45) is 3.28. The molecule has 4 N–H and O–H groups in total. The molecule has 0 saturated heterocycles. The molecule has 4 nitrogen and oxygen atoms in total. The lowest BCUT2D eigenvalue weighted by Crippen LogP contribution is -2.07. The van der Waals surface area contributed by atoms with Gasteiger partial charge in [-0.3, -0.25) is 4.98 Å². The molecule has 2 rings (SSSR count). The number of benzene rings is 1. The minimum Gasteiger partial charge on any atom is -0.397 e. The van der Waals surface area contributed by atoms with E-state index in [9.17, 15) is 9.18 Å². The van der Waals surface area contributed by atoms with E-state index in [-0.39, 0.29) is 11.6 Å². The van der Waals surface area contributed by atoms with Gasteiger partial charge >= 0.3 is 0 Å². The number of Topliss-reactive ketones (excluding diaryl/α,β-unsaturated/α-hetero) is 1. The van der Waals surface area contributed by atoms with Crippen LogP contribution in [0, 0.1) is 5.82 Å². The molecule has 2 aromatic rings. The van der Waals surface area contributed by atoms with Crippen LogP contribution in [0.4, 0.5) is 4.39 Å². The van der Waals surface area contributed by atoms with Crippen molar-refractivity contribution in [3.05, 3.63) is 65.7 Å². The van der Waals surface area contributed by atoms with E-state index in [2.05, 4.69) is 4.98 Å². The molecular formula is C16H18FN3O. The quantitative estimate of drug-likeness (QED) is 0.889. The van der Waals surface area contributed by atoms with Crippen molar-refractivity contribution >= 4 is 17.2 Å². The second-order valence-corrected chi connectivity index (χ2v) is 4.48. The fraction of sp³-hybridized carbons (Fsp3) is 0.125. The summed E-state index contributed by atoms with van der Waals surface area (Å²) in [6, 6.07) is 9.43. The lowest BCUT2D eigenvalue weighted by Gasteiger charge is -2.07. The Morgan fingerprint density at radius 1 is 0.905 bits per heavy atom. The van der Waals surface area contributed by atoms with E-state index >= 15 is 0 Å². The molecule has 0 bridgehead atoms.